The van der Waals surface area contributed by atoms with E-state index in [1.54, 1.807) is 37.3 Å². The maximum atomic E-state index is 13.5. The van der Waals surface area contributed by atoms with Crippen LogP contribution in [0.15, 0.2) is 70.7 Å². The molecule has 1 aliphatic rings. The van der Waals surface area contributed by atoms with Crippen LogP contribution in [-0.4, -0.2) is 17.8 Å². The van der Waals surface area contributed by atoms with E-state index in [0.29, 0.717) is 17.7 Å². The molecule has 0 spiro atoms. The van der Waals surface area contributed by atoms with Gasteiger partial charge in [0.15, 0.2) is 0 Å². The summed E-state index contributed by atoms with van der Waals surface area (Å²) < 4.78 is 14.2. The van der Waals surface area contributed by atoms with Gasteiger partial charge < -0.3 is 0 Å². The molecule has 4 rings (SSSR count). The van der Waals surface area contributed by atoms with Gasteiger partial charge in [-0.25, -0.2) is 14.1 Å². The number of aryl methyl sites for hydroxylation is 2. The summed E-state index contributed by atoms with van der Waals surface area (Å²) in [5, 5.41) is 2.25. The molecule has 0 atom stereocenters. The Hall–Kier alpha value is -3.58. The molecule has 0 bridgehead atoms. The largest absolute Gasteiger partial charge is 0.335 e. The molecule has 1 aliphatic heterocycles. The van der Waals surface area contributed by atoms with Crippen molar-refractivity contribution >= 4 is 45.5 Å². The number of urea groups is 1. The summed E-state index contributed by atoms with van der Waals surface area (Å²) in [5.41, 5.74) is 4.39. The molecule has 0 unspecified atom stereocenters. The molecule has 0 aliphatic carbocycles. The van der Waals surface area contributed by atoms with Crippen molar-refractivity contribution in [2.75, 3.05) is 4.90 Å². The van der Waals surface area contributed by atoms with Gasteiger partial charge in [-0.05, 0) is 72.9 Å². The summed E-state index contributed by atoms with van der Waals surface area (Å²) in [6.45, 7) is 3.72. The smallest absolute Gasteiger partial charge is 0.273 e. The first-order valence-corrected chi connectivity index (χ1v) is 11.0. The first-order chi connectivity index (χ1) is 15.7. The van der Waals surface area contributed by atoms with Gasteiger partial charge in [-0.1, -0.05) is 57.9 Å². The number of rotatable bonds is 4. The predicted octanol–water partition coefficient (Wildman–Crippen LogP) is 5.46. The lowest BCUT2D eigenvalue weighted by Crippen LogP contribution is -2.54. The maximum absolute atomic E-state index is 13.5. The van der Waals surface area contributed by atoms with Gasteiger partial charge in [-0.3, -0.25) is 14.9 Å². The van der Waals surface area contributed by atoms with E-state index in [9.17, 15) is 18.8 Å². The van der Waals surface area contributed by atoms with Gasteiger partial charge in [0, 0.05) is 4.47 Å². The minimum atomic E-state index is -0.777. The minimum absolute atomic E-state index is 0.139. The Kier molecular flexibility index (Phi) is 6.24. The van der Waals surface area contributed by atoms with E-state index >= 15 is 0 Å². The van der Waals surface area contributed by atoms with Crippen molar-refractivity contribution in [3.63, 3.8) is 0 Å². The molecule has 3 aromatic rings. The van der Waals surface area contributed by atoms with Gasteiger partial charge in [0.1, 0.15) is 11.4 Å². The molecule has 3 aromatic carbocycles. The topological polar surface area (TPSA) is 66.5 Å². The van der Waals surface area contributed by atoms with Crippen molar-refractivity contribution in [3.8, 4) is 0 Å². The van der Waals surface area contributed by atoms with E-state index in [2.05, 4.69) is 21.2 Å². The number of anilines is 1. The molecule has 0 aromatic heterocycles. The molecule has 33 heavy (non-hydrogen) atoms. The minimum Gasteiger partial charge on any atom is -0.273 e. The first kappa shape index (κ1) is 22.6. The fourth-order valence-corrected chi connectivity index (χ4v) is 4.30. The second-order valence-electron chi connectivity index (χ2n) is 7.91. The zero-order valence-electron chi connectivity index (χ0n) is 18.0. The van der Waals surface area contributed by atoms with Gasteiger partial charge in [0.05, 0.1) is 5.69 Å². The Bertz CT molecular complexity index is 1330. The number of amides is 4. The van der Waals surface area contributed by atoms with Gasteiger partial charge >= 0.3 is 6.03 Å². The van der Waals surface area contributed by atoms with Crippen LogP contribution in [0.5, 0.6) is 0 Å². The SMILES string of the molecule is Cc1ccc(N2C(=O)NC(=O)/C(=C\c3ccc(Cc4cccc(F)c4)c(Br)c3)C2=O)c(C)c1. The lowest BCUT2D eigenvalue weighted by atomic mass is 10.0. The fraction of sp³-hybridized carbons (Fsp3) is 0.115. The highest BCUT2D eigenvalue weighted by Crippen LogP contribution is 2.27. The molecule has 1 N–H and O–H groups in total. The van der Waals surface area contributed by atoms with Gasteiger partial charge in [0.25, 0.3) is 11.8 Å². The van der Waals surface area contributed by atoms with Crippen LogP contribution < -0.4 is 10.2 Å². The van der Waals surface area contributed by atoms with Crippen molar-refractivity contribution in [1.82, 2.24) is 5.32 Å². The lowest BCUT2D eigenvalue weighted by Gasteiger charge is -2.27. The van der Waals surface area contributed by atoms with Crippen LogP contribution in [0.3, 0.4) is 0 Å². The zero-order valence-corrected chi connectivity index (χ0v) is 19.6. The summed E-state index contributed by atoms with van der Waals surface area (Å²) in [6.07, 6.45) is 1.97. The highest BCUT2D eigenvalue weighted by Gasteiger charge is 2.37. The molecule has 0 saturated carbocycles. The third-order valence-corrected chi connectivity index (χ3v) is 6.10. The molecular weight excluding hydrogens is 487 g/mol. The third kappa shape index (κ3) is 4.78. The number of halogens is 2. The van der Waals surface area contributed by atoms with Crippen molar-refractivity contribution in [1.29, 1.82) is 0 Å². The van der Waals surface area contributed by atoms with Gasteiger partial charge in [0.2, 0.25) is 0 Å². The molecule has 4 amide bonds. The van der Waals surface area contributed by atoms with Gasteiger partial charge in [-0.2, -0.15) is 0 Å². The van der Waals surface area contributed by atoms with Crippen molar-refractivity contribution in [2.24, 2.45) is 0 Å². The van der Waals surface area contributed by atoms with Crippen molar-refractivity contribution in [3.05, 3.63) is 104 Å². The summed E-state index contributed by atoms with van der Waals surface area (Å²) in [5.74, 6) is -1.73. The first-order valence-electron chi connectivity index (χ1n) is 10.2. The normalized spacial score (nSPS) is 15.2. The Morgan fingerprint density at radius 2 is 1.79 bits per heavy atom. The van der Waals surface area contributed by atoms with Crippen LogP contribution in [0, 0.1) is 19.7 Å². The van der Waals surface area contributed by atoms with E-state index in [0.717, 1.165) is 31.6 Å². The highest BCUT2D eigenvalue weighted by atomic mass is 79.9. The van der Waals surface area contributed by atoms with E-state index in [-0.39, 0.29) is 11.4 Å². The summed E-state index contributed by atoms with van der Waals surface area (Å²) >= 11 is 3.52. The number of nitrogens with one attached hydrogen (secondary N) is 1. The summed E-state index contributed by atoms with van der Waals surface area (Å²) in [6, 6.07) is 16.3. The molecule has 166 valence electrons. The van der Waals surface area contributed by atoms with Crippen LogP contribution in [0.4, 0.5) is 14.9 Å². The highest BCUT2D eigenvalue weighted by molar-refractivity contribution is 9.10. The molecule has 7 heteroatoms. The van der Waals surface area contributed by atoms with Crippen LogP contribution in [-0.2, 0) is 16.0 Å². The quantitative estimate of drug-likeness (QED) is 0.377. The zero-order chi connectivity index (χ0) is 23.7. The number of carbonyl (C=O) groups is 3. The molecular formula is C26H20BrFN2O3. The van der Waals surface area contributed by atoms with Gasteiger partial charge in [-0.15, -0.1) is 0 Å². The summed E-state index contributed by atoms with van der Waals surface area (Å²) in [7, 11) is 0. The number of benzene rings is 3. The van der Waals surface area contributed by atoms with E-state index < -0.39 is 17.8 Å². The third-order valence-electron chi connectivity index (χ3n) is 5.37. The number of barbiturate groups is 1. The van der Waals surface area contributed by atoms with Crippen LogP contribution >= 0.6 is 15.9 Å². The Morgan fingerprint density at radius 1 is 1.00 bits per heavy atom. The average Bonchev–Trinajstić information content (AvgIpc) is 2.74. The Balaban J connectivity index is 1.64. The summed E-state index contributed by atoms with van der Waals surface area (Å²) in [4.78, 5) is 39.0. The average molecular weight is 507 g/mol. The number of carbonyl (C=O) groups excluding carboxylic acids is 3. The van der Waals surface area contributed by atoms with E-state index in [1.807, 2.05) is 25.1 Å². The number of hydrogen-bond donors (Lipinski definition) is 1. The molecule has 1 heterocycles. The number of nitrogens with zero attached hydrogens (tertiary/aromatic N) is 1. The van der Waals surface area contributed by atoms with Crippen LogP contribution in [0.2, 0.25) is 0 Å². The molecule has 1 fully saturated rings. The number of imide groups is 2. The Labute approximate surface area is 199 Å². The molecule has 0 radical (unpaired) electrons. The van der Waals surface area contributed by atoms with E-state index in [1.165, 1.54) is 18.2 Å². The second-order valence-corrected chi connectivity index (χ2v) is 8.76. The van der Waals surface area contributed by atoms with Crippen LogP contribution in [0.25, 0.3) is 6.08 Å². The molecule has 1 saturated heterocycles. The van der Waals surface area contributed by atoms with E-state index in [4.69, 9.17) is 0 Å². The second kappa shape index (κ2) is 9.11. The molecule has 5 nitrogen and oxygen atoms in total. The van der Waals surface area contributed by atoms with Crippen molar-refractivity contribution < 1.29 is 18.8 Å². The van der Waals surface area contributed by atoms with Crippen molar-refractivity contribution in [2.45, 2.75) is 20.3 Å². The fourth-order valence-electron chi connectivity index (χ4n) is 3.76. The Morgan fingerprint density at radius 3 is 2.48 bits per heavy atom. The predicted molar refractivity (Wildman–Crippen MR) is 128 cm³/mol. The standard InChI is InChI=1S/C26H20BrFN2O3/c1-15-6-9-23(16(2)10-15)30-25(32)21(24(31)29-26(30)33)13-18-7-8-19(22(27)14-18)11-17-4-3-5-20(28)12-17/h3-10,12-14H,11H2,1-2H3,(H,29,31,33)/b21-13+. The number of hydrogen-bond acceptors (Lipinski definition) is 3. The monoisotopic (exact) mass is 506 g/mol. The van der Waals surface area contributed by atoms with Crippen LogP contribution in [0.1, 0.15) is 27.8 Å². The maximum Gasteiger partial charge on any atom is 0.335 e. The lowest BCUT2D eigenvalue weighted by molar-refractivity contribution is -0.122.